The highest BCUT2D eigenvalue weighted by molar-refractivity contribution is 5.97. The number of carbonyl (C=O) groups is 1. The summed E-state index contributed by atoms with van der Waals surface area (Å²) >= 11 is 0. The summed E-state index contributed by atoms with van der Waals surface area (Å²) in [6.07, 6.45) is 0. The molecule has 0 N–H and O–H groups in total. The summed E-state index contributed by atoms with van der Waals surface area (Å²) in [6.45, 7) is 6.80. The summed E-state index contributed by atoms with van der Waals surface area (Å²) in [5.41, 5.74) is 5.76. The van der Waals surface area contributed by atoms with Gasteiger partial charge in [-0.15, -0.1) is 0 Å². The molecule has 0 saturated carbocycles. The van der Waals surface area contributed by atoms with E-state index in [1.54, 1.807) is 25.3 Å². The number of methoxy groups -OCH3 is 1. The fourth-order valence-electron chi connectivity index (χ4n) is 5.00. The second-order valence-corrected chi connectivity index (χ2v) is 9.11. The largest absolute Gasteiger partial charge is 0.497 e. The van der Waals surface area contributed by atoms with Gasteiger partial charge in [0.2, 0.25) is 0 Å². The highest BCUT2D eigenvalue weighted by Gasteiger charge is 2.27. The van der Waals surface area contributed by atoms with Gasteiger partial charge in [-0.3, -0.25) is 4.79 Å². The predicted octanol–water partition coefficient (Wildman–Crippen LogP) is 5.87. The van der Waals surface area contributed by atoms with Crippen LogP contribution >= 0.6 is 0 Å². The van der Waals surface area contributed by atoms with Crippen LogP contribution in [0.15, 0.2) is 78.9 Å². The molecule has 0 spiro atoms. The van der Waals surface area contributed by atoms with Crippen molar-refractivity contribution in [1.82, 2.24) is 9.47 Å². The van der Waals surface area contributed by atoms with E-state index in [4.69, 9.17) is 4.74 Å². The van der Waals surface area contributed by atoms with Crippen LogP contribution in [0.5, 0.6) is 5.75 Å². The van der Waals surface area contributed by atoms with Gasteiger partial charge in [0.15, 0.2) is 0 Å². The Morgan fingerprint density at radius 3 is 2.22 bits per heavy atom. The van der Waals surface area contributed by atoms with E-state index in [9.17, 15) is 9.18 Å². The van der Waals surface area contributed by atoms with Gasteiger partial charge in [0.1, 0.15) is 11.6 Å². The van der Waals surface area contributed by atoms with Crippen LogP contribution in [0.3, 0.4) is 0 Å². The second-order valence-electron chi connectivity index (χ2n) is 9.11. The third kappa shape index (κ3) is 4.35. The molecule has 0 atom stereocenters. The number of aryl methyl sites for hydroxylation is 1. The number of halogens is 1. The summed E-state index contributed by atoms with van der Waals surface area (Å²) in [5.74, 6) is 0.328. The number of carbonyl (C=O) groups excluding carboxylic acids is 1. The van der Waals surface area contributed by atoms with E-state index in [2.05, 4.69) is 30.0 Å². The maximum Gasteiger partial charge on any atom is 0.255 e. The summed E-state index contributed by atoms with van der Waals surface area (Å²) < 4.78 is 22.2. The van der Waals surface area contributed by atoms with E-state index in [1.807, 2.05) is 52.8 Å². The number of anilines is 1. The maximum absolute atomic E-state index is 15.0. The van der Waals surface area contributed by atoms with E-state index in [1.165, 1.54) is 17.3 Å². The fraction of sp³-hybridized carbons (Fsp3) is 0.233. The SMILES string of the molecule is COc1cccc(-c2cc(C(=O)N3CCN(c4ccccc4C)CC3)c(C)n2-c2ccccc2F)c1. The Bertz CT molecular complexity index is 1400. The van der Waals surface area contributed by atoms with Crippen molar-refractivity contribution in [2.24, 2.45) is 0 Å². The monoisotopic (exact) mass is 483 g/mol. The average molecular weight is 484 g/mol. The standard InChI is InChI=1S/C30H30FN3O2/c1-21-9-4-6-13-27(21)32-15-17-33(18-16-32)30(35)25-20-29(23-10-8-11-24(19-23)36-3)34(22(25)2)28-14-7-5-12-26(28)31/h4-14,19-20H,15-18H2,1-3H3. The molecule has 5 rings (SSSR count). The minimum absolute atomic E-state index is 0.0313. The molecule has 2 heterocycles. The van der Waals surface area contributed by atoms with E-state index in [0.717, 1.165) is 24.3 Å². The number of rotatable bonds is 5. The Hall–Kier alpha value is -4.06. The summed E-state index contributed by atoms with van der Waals surface area (Å²) in [5, 5.41) is 0. The third-order valence-electron chi connectivity index (χ3n) is 6.96. The minimum Gasteiger partial charge on any atom is -0.497 e. The van der Waals surface area contributed by atoms with Gasteiger partial charge in [-0.1, -0.05) is 42.5 Å². The van der Waals surface area contributed by atoms with Crippen LogP contribution in [0, 0.1) is 19.7 Å². The van der Waals surface area contributed by atoms with Gasteiger partial charge < -0.3 is 19.1 Å². The van der Waals surface area contributed by atoms with Crippen molar-refractivity contribution >= 4 is 11.6 Å². The molecule has 1 aliphatic heterocycles. The zero-order chi connectivity index (χ0) is 25.2. The van der Waals surface area contributed by atoms with Gasteiger partial charge >= 0.3 is 0 Å². The normalized spacial score (nSPS) is 13.7. The smallest absolute Gasteiger partial charge is 0.255 e. The number of hydrogen-bond acceptors (Lipinski definition) is 3. The zero-order valence-electron chi connectivity index (χ0n) is 20.9. The topological polar surface area (TPSA) is 37.7 Å². The van der Waals surface area contributed by atoms with Gasteiger partial charge in [-0.25, -0.2) is 4.39 Å². The molecule has 36 heavy (non-hydrogen) atoms. The lowest BCUT2D eigenvalue weighted by atomic mass is 10.1. The van der Waals surface area contributed by atoms with Crippen LogP contribution in [0.25, 0.3) is 16.9 Å². The Morgan fingerprint density at radius 1 is 0.833 bits per heavy atom. The van der Waals surface area contributed by atoms with Gasteiger partial charge in [0, 0.05) is 43.1 Å². The van der Waals surface area contributed by atoms with Crippen molar-refractivity contribution in [1.29, 1.82) is 0 Å². The lowest BCUT2D eigenvalue weighted by Crippen LogP contribution is -2.49. The van der Waals surface area contributed by atoms with E-state index in [-0.39, 0.29) is 11.7 Å². The average Bonchev–Trinajstić information content (AvgIpc) is 3.25. The van der Waals surface area contributed by atoms with Crippen molar-refractivity contribution in [3.8, 4) is 22.7 Å². The molecule has 1 saturated heterocycles. The van der Waals surface area contributed by atoms with Crippen molar-refractivity contribution in [2.75, 3.05) is 38.2 Å². The van der Waals surface area contributed by atoms with Crippen LogP contribution in [0.2, 0.25) is 0 Å². The van der Waals surface area contributed by atoms with Gasteiger partial charge in [0.25, 0.3) is 5.91 Å². The van der Waals surface area contributed by atoms with Gasteiger partial charge in [0.05, 0.1) is 24.1 Å². The molecule has 1 amide bonds. The number of ether oxygens (including phenoxy) is 1. The summed E-state index contributed by atoms with van der Waals surface area (Å²) in [4.78, 5) is 18.0. The molecule has 1 aliphatic rings. The van der Waals surface area contributed by atoms with Crippen LogP contribution in [-0.4, -0.2) is 48.7 Å². The quantitative estimate of drug-likeness (QED) is 0.356. The number of hydrogen-bond donors (Lipinski definition) is 0. The molecule has 0 radical (unpaired) electrons. The molecule has 4 aromatic rings. The summed E-state index contributed by atoms with van der Waals surface area (Å²) in [7, 11) is 1.62. The first kappa shape index (κ1) is 23.7. The van der Waals surface area contributed by atoms with Gasteiger partial charge in [-0.2, -0.15) is 0 Å². The molecule has 5 nitrogen and oxygen atoms in total. The fourth-order valence-corrected chi connectivity index (χ4v) is 5.00. The molecule has 0 bridgehead atoms. The first-order valence-electron chi connectivity index (χ1n) is 12.2. The number of para-hydroxylation sites is 2. The molecule has 184 valence electrons. The van der Waals surface area contributed by atoms with E-state index >= 15 is 0 Å². The number of nitrogens with zero attached hydrogens (tertiary/aromatic N) is 3. The Labute approximate surface area is 211 Å². The summed E-state index contributed by atoms with van der Waals surface area (Å²) in [6, 6.07) is 24.5. The minimum atomic E-state index is -0.341. The van der Waals surface area contributed by atoms with Crippen LogP contribution in [-0.2, 0) is 0 Å². The predicted molar refractivity (Wildman–Crippen MR) is 142 cm³/mol. The van der Waals surface area contributed by atoms with E-state index < -0.39 is 0 Å². The molecule has 0 aliphatic carbocycles. The Kier molecular flexibility index (Phi) is 6.51. The molecule has 6 heteroatoms. The van der Waals surface area contributed by atoms with Crippen molar-refractivity contribution in [3.05, 3.63) is 102 Å². The molecular weight excluding hydrogens is 453 g/mol. The lowest BCUT2D eigenvalue weighted by molar-refractivity contribution is 0.0746. The first-order chi connectivity index (χ1) is 17.5. The lowest BCUT2D eigenvalue weighted by Gasteiger charge is -2.36. The third-order valence-corrected chi connectivity index (χ3v) is 6.96. The number of benzene rings is 3. The van der Waals surface area contributed by atoms with Crippen LogP contribution < -0.4 is 9.64 Å². The molecular formula is C30H30FN3O2. The zero-order valence-corrected chi connectivity index (χ0v) is 20.9. The van der Waals surface area contributed by atoms with Crippen LogP contribution in [0.1, 0.15) is 21.6 Å². The van der Waals surface area contributed by atoms with Gasteiger partial charge in [-0.05, 0) is 55.8 Å². The van der Waals surface area contributed by atoms with Crippen LogP contribution in [0.4, 0.5) is 10.1 Å². The first-order valence-corrected chi connectivity index (χ1v) is 12.2. The van der Waals surface area contributed by atoms with Crippen molar-refractivity contribution in [2.45, 2.75) is 13.8 Å². The Balaban J connectivity index is 1.49. The van der Waals surface area contributed by atoms with Crippen molar-refractivity contribution < 1.29 is 13.9 Å². The van der Waals surface area contributed by atoms with Crippen molar-refractivity contribution in [3.63, 3.8) is 0 Å². The Morgan fingerprint density at radius 2 is 1.53 bits per heavy atom. The maximum atomic E-state index is 15.0. The highest BCUT2D eigenvalue weighted by Crippen LogP contribution is 2.33. The number of piperazine rings is 1. The molecule has 0 unspecified atom stereocenters. The number of amides is 1. The molecule has 1 aromatic heterocycles. The molecule has 3 aromatic carbocycles. The van der Waals surface area contributed by atoms with E-state index in [0.29, 0.717) is 35.8 Å². The second kappa shape index (κ2) is 9.90. The molecule has 1 fully saturated rings. The highest BCUT2D eigenvalue weighted by atomic mass is 19.1. The number of aromatic nitrogens is 1.